The quantitative estimate of drug-likeness (QED) is 0.447. The minimum absolute atomic E-state index is 0.0889. The molecule has 0 heterocycles. The van der Waals surface area contributed by atoms with E-state index in [1.165, 1.54) is 6.21 Å². The van der Waals surface area contributed by atoms with E-state index >= 15 is 0 Å². The van der Waals surface area contributed by atoms with E-state index in [1.54, 1.807) is 12.1 Å². The monoisotopic (exact) mass is 347 g/mol. The third-order valence-electron chi connectivity index (χ3n) is 2.34. The second-order valence-corrected chi connectivity index (χ2v) is 5.64. The number of benzene rings is 1. The van der Waals surface area contributed by atoms with Crippen molar-refractivity contribution in [3.63, 3.8) is 0 Å². The summed E-state index contributed by atoms with van der Waals surface area (Å²) in [6.45, 7) is 0. The molecule has 0 bridgehead atoms. The number of hydrazone groups is 1. The van der Waals surface area contributed by atoms with Gasteiger partial charge in [0.2, 0.25) is 0 Å². The first-order valence-electron chi connectivity index (χ1n) is 5.34. The Morgan fingerprint density at radius 2 is 2.28 bits per heavy atom. The summed E-state index contributed by atoms with van der Waals surface area (Å²) in [5.41, 5.74) is 3.20. The molecule has 3 N–H and O–H groups in total. The number of hydrogen-bond donors (Lipinski definition) is 3. The SMILES string of the molecule is Oc1c(Br)cc(Cl)cc1C=NNC(=S)NC1CC1. The van der Waals surface area contributed by atoms with Gasteiger partial charge in [-0.3, -0.25) is 5.43 Å². The van der Waals surface area contributed by atoms with E-state index in [0.717, 1.165) is 12.8 Å². The van der Waals surface area contributed by atoms with Crippen LogP contribution in [-0.4, -0.2) is 22.5 Å². The number of halogens is 2. The van der Waals surface area contributed by atoms with E-state index in [4.69, 9.17) is 23.8 Å². The van der Waals surface area contributed by atoms with Crippen LogP contribution in [-0.2, 0) is 0 Å². The third kappa shape index (κ3) is 3.83. The summed E-state index contributed by atoms with van der Waals surface area (Å²) in [6, 6.07) is 3.71. The summed E-state index contributed by atoms with van der Waals surface area (Å²) in [5.74, 6) is 0.0889. The number of aromatic hydroxyl groups is 1. The first-order valence-corrected chi connectivity index (χ1v) is 6.92. The lowest BCUT2D eigenvalue weighted by Gasteiger charge is -2.05. The Morgan fingerprint density at radius 3 is 2.94 bits per heavy atom. The highest BCUT2D eigenvalue weighted by molar-refractivity contribution is 9.10. The maximum Gasteiger partial charge on any atom is 0.187 e. The van der Waals surface area contributed by atoms with Gasteiger partial charge in [0.05, 0.1) is 10.7 Å². The Labute approximate surface area is 124 Å². The minimum atomic E-state index is 0.0889. The van der Waals surface area contributed by atoms with Crippen LogP contribution in [0.1, 0.15) is 18.4 Å². The third-order valence-corrected chi connectivity index (χ3v) is 3.37. The molecule has 0 unspecified atom stereocenters. The lowest BCUT2D eigenvalue weighted by Crippen LogP contribution is -2.33. The fourth-order valence-corrected chi connectivity index (χ4v) is 2.34. The highest BCUT2D eigenvalue weighted by atomic mass is 79.9. The molecule has 0 amide bonds. The number of nitrogens with one attached hydrogen (secondary N) is 2. The fourth-order valence-electron chi connectivity index (χ4n) is 1.29. The highest BCUT2D eigenvalue weighted by Gasteiger charge is 2.21. The zero-order valence-electron chi connectivity index (χ0n) is 9.28. The molecule has 1 fully saturated rings. The predicted octanol–water partition coefficient (Wildman–Crippen LogP) is 2.77. The summed E-state index contributed by atoms with van der Waals surface area (Å²) in [4.78, 5) is 0. The Morgan fingerprint density at radius 1 is 1.56 bits per heavy atom. The van der Waals surface area contributed by atoms with Gasteiger partial charge in [0, 0.05) is 16.6 Å². The molecule has 1 aliphatic carbocycles. The number of phenols is 1. The average molecular weight is 349 g/mol. The minimum Gasteiger partial charge on any atom is -0.506 e. The van der Waals surface area contributed by atoms with E-state index < -0.39 is 0 Å². The zero-order valence-corrected chi connectivity index (χ0v) is 12.4. The Balaban J connectivity index is 1.97. The van der Waals surface area contributed by atoms with Crippen LogP contribution in [0.2, 0.25) is 5.02 Å². The maximum atomic E-state index is 9.77. The Hall–Kier alpha value is -0.850. The van der Waals surface area contributed by atoms with Crippen molar-refractivity contribution in [1.29, 1.82) is 0 Å². The molecular formula is C11H11BrClN3OS. The van der Waals surface area contributed by atoms with Gasteiger partial charge in [0.25, 0.3) is 0 Å². The summed E-state index contributed by atoms with van der Waals surface area (Å²) < 4.78 is 0.523. The first kappa shape index (κ1) is 13.6. The molecule has 0 saturated heterocycles. The van der Waals surface area contributed by atoms with Crippen LogP contribution in [0.4, 0.5) is 0 Å². The number of nitrogens with zero attached hydrogens (tertiary/aromatic N) is 1. The second kappa shape index (κ2) is 5.86. The Kier molecular flexibility index (Phi) is 4.42. The standard InChI is InChI=1S/C11H11BrClN3OS/c12-9-4-7(13)3-6(10(9)17)5-14-16-11(18)15-8-1-2-8/h3-5,8,17H,1-2H2,(H2,15,16,18). The summed E-state index contributed by atoms with van der Waals surface area (Å²) in [7, 11) is 0. The topological polar surface area (TPSA) is 56.7 Å². The molecule has 7 heteroatoms. The van der Waals surface area contributed by atoms with Crippen molar-refractivity contribution in [2.45, 2.75) is 18.9 Å². The number of hydrogen-bond acceptors (Lipinski definition) is 3. The van der Waals surface area contributed by atoms with Crippen LogP contribution in [0.3, 0.4) is 0 Å². The molecule has 18 heavy (non-hydrogen) atoms. The summed E-state index contributed by atoms with van der Waals surface area (Å²) in [6.07, 6.45) is 3.76. The van der Waals surface area contributed by atoms with Crippen LogP contribution in [0.15, 0.2) is 21.7 Å². The number of phenolic OH excluding ortho intramolecular Hbond substituents is 1. The fraction of sp³-hybridized carbons (Fsp3) is 0.273. The van der Waals surface area contributed by atoms with Crippen molar-refractivity contribution < 1.29 is 5.11 Å². The van der Waals surface area contributed by atoms with Gasteiger partial charge >= 0.3 is 0 Å². The molecule has 1 aliphatic rings. The highest BCUT2D eigenvalue weighted by Crippen LogP contribution is 2.30. The van der Waals surface area contributed by atoms with E-state index in [0.29, 0.717) is 26.2 Å². The largest absolute Gasteiger partial charge is 0.506 e. The van der Waals surface area contributed by atoms with Gasteiger partial charge in [-0.25, -0.2) is 0 Å². The summed E-state index contributed by atoms with van der Waals surface area (Å²) in [5, 5.41) is 17.8. The van der Waals surface area contributed by atoms with Crippen LogP contribution < -0.4 is 10.7 Å². The number of thiocarbonyl (C=S) groups is 1. The molecule has 0 aliphatic heterocycles. The lowest BCUT2D eigenvalue weighted by molar-refractivity contribution is 0.471. The van der Waals surface area contributed by atoms with E-state index in [9.17, 15) is 5.11 Å². The predicted molar refractivity (Wildman–Crippen MR) is 80.3 cm³/mol. The van der Waals surface area contributed by atoms with Crippen molar-refractivity contribution >= 4 is 51.1 Å². The van der Waals surface area contributed by atoms with Gasteiger partial charge in [0.1, 0.15) is 5.75 Å². The molecule has 1 aromatic rings. The zero-order chi connectivity index (χ0) is 13.1. The molecule has 0 spiro atoms. The van der Waals surface area contributed by atoms with Crippen molar-refractivity contribution in [2.24, 2.45) is 5.10 Å². The van der Waals surface area contributed by atoms with E-state index in [-0.39, 0.29) is 5.75 Å². The van der Waals surface area contributed by atoms with Crippen molar-refractivity contribution in [3.05, 3.63) is 27.2 Å². The van der Waals surface area contributed by atoms with Crippen LogP contribution in [0.25, 0.3) is 0 Å². The maximum absolute atomic E-state index is 9.77. The average Bonchev–Trinajstić information content (AvgIpc) is 3.08. The van der Waals surface area contributed by atoms with Gasteiger partial charge in [-0.1, -0.05) is 11.6 Å². The van der Waals surface area contributed by atoms with Crippen molar-refractivity contribution in [3.8, 4) is 5.75 Å². The van der Waals surface area contributed by atoms with E-state index in [2.05, 4.69) is 31.8 Å². The van der Waals surface area contributed by atoms with Gasteiger partial charge < -0.3 is 10.4 Å². The normalized spacial score (nSPS) is 14.8. The molecular weight excluding hydrogens is 338 g/mol. The molecule has 2 rings (SSSR count). The van der Waals surface area contributed by atoms with Crippen molar-refractivity contribution in [2.75, 3.05) is 0 Å². The first-order chi connectivity index (χ1) is 8.56. The van der Waals surface area contributed by atoms with Gasteiger partial charge in [0.15, 0.2) is 5.11 Å². The molecule has 1 aromatic carbocycles. The molecule has 96 valence electrons. The smallest absolute Gasteiger partial charge is 0.187 e. The molecule has 0 atom stereocenters. The van der Waals surface area contributed by atoms with Gasteiger partial charge in [-0.05, 0) is 53.1 Å². The van der Waals surface area contributed by atoms with Crippen LogP contribution in [0.5, 0.6) is 5.75 Å². The molecule has 0 aromatic heterocycles. The summed E-state index contributed by atoms with van der Waals surface area (Å²) >= 11 is 14.1. The lowest BCUT2D eigenvalue weighted by atomic mass is 10.2. The van der Waals surface area contributed by atoms with E-state index in [1.807, 2.05) is 0 Å². The molecule has 4 nitrogen and oxygen atoms in total. The molecule has 1 saturated carbocycles. The van der Waals surface area contributed by atoms with Crippen LogP contribution in [0, 0.1) is 0 Å². The van der Waals surface area contributed by atoms with Crippen LogP contribution >= 0.6 is 39.7 Å². The van der Waals surface area contributed by atoms with Gasteiger partial charge in [-0.2, -0.15) is 5.10 Å². The second-order valence-electron chi connectivity index (χ2n) is 3.94. The van der Waals surface area contributed by atoms with Gasteiger partial charge in [-0.15, -0.1) is 0 Å². The van der Waals surface area contributed by atoms with Crippen molar-refractivity contribution in [1.82, 2.24) is 10.7 Å². The molecule has 0 radical (unpaired) electrons. The number of rotatable bonds is 3. The Bertz CT molecular complexity index is 505.